The Morgan fingerprint density at radius 3 is 0.661 bits per heavy atom. The molecule has 0 bridgehead atoms. The summed E-state index contributed by atoms with van der Waals surface area (Å²) < 4.78 is 8.99. The summed E-state index contributed by atoms with van der Waals surface area (Å²) in [4.78, 5) is 79.6. The molecular weight excluding hydrogens is 816 g/mol. The Kier molecular flexibility index (Phi) is 55.9. The lowest BCUT2D eigenvalue weighted by Gasteiger charge is -2.18. The van der Waals surface area contributed by atoms with Gasteiger partial charge in [-0.2, -0.15) is 0 Å². The Balaban J connectivity index is -0.0000000898. The van der Waals surface area contributed by atoms with E-state index in [1.807, 2.05) is 69.2 Å². The smallest absolute Gasteiger partial charge is 0.329 e. The first-order valence-electron chi connectivity index (χ1n) is 21.0. The van der Waals surface area contributed by atoms with Crippen molar-refractivity contribution in [2.45, 2.75) is 188 Å². The zero-order valence-electron chi connectivity index (χ0n) is 41.0. The fourth-order valence-corrected chi connectivity index (χ4v) is 2.41. The molecule has 0 fully saturated rings. The first-order valence-corrected chi connectivity index (χ1v) is 21.0. The molecule has 372 valence electrons. The molecule has 0 aliphatic rings. The largest absolute Gasteiger partial charge is 0.481 e. The van der Waals surface area contributed by atoms with Gasteiger partial charge in [0.2, 0.25) is 0 Å². The van der Waals surface area contributed by atoms with Crippen molar-refractivity contribution in [3.8, 4) is 0 Å². The van der Waals surface area contributed by atoms with Crippen molar-refractivity contribution in [3.05, 3.63) is 0 Å². The molecule has 18 nitrogen and oxygen atoms in total. The van der Waals surface area contributed by atoms with E-state index in [0.29, 0.717) is 38.9 Å². The SMILES string of the molecule is CCC(C)(C)C(=O)O.CCC(C)(C)C(=O)O.CCC(C)(C)CC(=O)O.CCC(C)(C)CC(=O)O.CCCCC(=O)O.CCCCC(=O)O.CCOCC(=O)O.CCOCC(=O)O. The number of rotatable bonds is 22. The lowest BCUT2D eigenvalue weighted by atomic mass is 9.87. The van der Waals surface area contributed by atoms with Gasteiger partial charge in [-0.05, 0) is 78.1 Å². The van der Waals surface area contributed by atoms with Gasteiger partial charge in [0, 0.05) is 26.1 Å². The van der Waals surface area contributed by atoms with Crippen molar-refractivity contribution in [3.63, 3.8) is 0 Å². The highest BCUT2D eigenvalue weighted by Crippen LogP contribution is 2.24. The van der Waals surface area contributed by atoms with Crippen molar-refractivity contribution in [2.24, 2.45) is 21.7 Å². The van der Waals surface area contributed by atoms with E-state index in [1.165, 1.54) is 0 Å². The Bertz CT molecular complexity index is 1050. The van der Waals surface area contributed by atoms with E-state index in [2.05, 4.69) is 9.47 Å². The van der Waals surface area contributed by atoms with E-state index in [-0.39, 0.29) is 36.9 Å². The third-order valence-electron chi connectivity index (χ3n) is 8.45. The zero-order valence-corrected chi connectivity index (χ0v) is 41.0. The van der Waals surface area contributed by atoms with Crippen LogP contribution in [0.3, 0.4) is 0 Å². The molecule has 0 saturated heterocycles. The summed E-state index contributed by atoms with van der Waals surface area (Å²) in [6.45, 7) is 30.5. The van der Waals surface area contributed by atoms with E-state index < -0.39 is 58.6 Å². The van der Waals surface area contributed by atoms with Gasteiger partial charge in [-0.1, -0.05) is 94.9 Å². The van der Waals surface area contributed by atoms with Crippen LogP contribution in [0, 0.1) is 21.7 Å². The number of unbranched alkanes of at least 4 members (excludes halogenated alkanes) is 2. The van der Waals surface area contributed by atoms with Crippen LogP contribution in [0.4, 0.5) is 0 Å². The fourth-order valence-electron chi connectivity index (χ4n) is 2.41. The van der Waals surface area contributed by atoms with Gasteiger partial charge in [0.05, 0.1) is 23.7 Å². The average Bonchev–Trinajstić information content (AvgIpc) is 3.15. The summed E-state index contributed by atoms with van der Waals surface area (Å²) in [6.07, 6.45) is 7.90. The molecule has 18 heteroatoms. The summed E-state index contributed by atoms with van der Waals surface area (Å²) in [5, 5.41) is 65.6. The van der Waals surface area contributed by atoms with E-state index in [4.69, 9.17) is 40.9 Å². The van der Waals surface area contributed by atoms with Crippen LogP contribution in [0.25, 0.3) is 0 Å². The lowest BCUT2D eigenvalue weighted by molar-refractivity contribution is -0.147. The number of carbonyl (C=O) groups is 8. The highest BCUT2D eigenvalue weighted by Gasteiger charge is 2.24. The van der Waals surface area contributed by atoms with Crippen molar-refractivity contribution in [1.29, 1.82) is 0 Å². The molecule has 0 aromatic heterocycles. The van der Waals surface area contributed by atoms with Gasteiger partial charge in [-0.25, -0.2) is 9.59 Å². The summed E-state index contributed by atoms with van der Waals surface area (Å²) in [7, 11) is 0. The second-order valence-corrected chi connectivity index (χ2v) is 16.3. The van der Waals surface area contributed by atoms with Crippen LogP contribution < -0.4 is 0 Å². The normalized spacial score (nSPS) is 10.2. The van der Waals surface area contributed by atoms with E-state index >= 15 is 0 Å². The van der Waals surface area contributed by atoms with Gasteiger partial charge >= 0.3 is 47.8 Å². The Morgan fingerprint density at radius 1 is 0.371 bits per heavy atom. The minimum Gasteiger partial charge on any atom is -0.481 e. The monoisotopic (exact) mass is 905 g/mol. The second-order valence-electron chi connectivity index (χ2n) is 16.3. The van der Waals surface area contributed by atoms with Crippen molar-refractivity contribution >= 4 is 47.8 Å². The van der Waals surface area contributed by atoms with Crippen LogP contribution in [0.5, 0.6) is 0 Å². The van der Waals surface area contributed by atoms with E-state index in [1.54, 1.807) is 41.5 Å². The number of carboxylic acids is 8. The highest BCUT2D eigenvalue weighted by molar-refractivity contribution is 5.74. The fraction of sp³-hybridized carbons (Fsp3) is 0.818. The molecule has 8 N–H and O–H groups in total. The predicted molar refractivity (Wildman–Crippen MR) is 239 cm³/mol. The van der Waals surface area contributed by atoms with Gasteiger partial charge in [-0.3, -0.25) is 28.8 Å². The standard InChI is InChI=1S/2C7H14O2.2C6H12O2.2C5H10O2.2C4H8O3/c2*1-4-7(2,3)5-6(8)9;2*1-4-6(2,3)5(7)8;2*1-2-3-4-5(6)7;2*1-2-7-3-4(5)6/h2*4-5H2,1-3H3,(H,8,9);2*4H2,1-3H3,(H,7,8);2*2-4H2,1H3,(H,6,7);2*2-3H2,1H3,(H,5,6). The quantitative estimate of drug-likeness (QED) is 0.0501. The first kappa shape index (κ1) is 75.1. The number of aliphatic carboxylic acids is 8. The van der Waals surface area contributed by atoms with Crippen LogP contribution in [0.15, 0.2) is 0 Å². The Morgan fingerprint density at radius 2 is 0.613 bits per heavy atom. The van der Waals surface area contributed by atoms with Gasteiger partial charge in [0.25, 0.3) is 0 Å². The average molecular weight is 905 g/mol. The van der Waals surface area contributed by atoms with Gasteiger partial charge in [-0.15, -0.1) is 0 Å². The molecule has 0 radical (unpaired) electrons. The predicted octanol–water partition coefficient (Wildman–Crippen LogP) is 9.55. The molecule has 0 atom stereocenters. The molecule has 0 aliphatic carbocycles. The minimum absolute atomic E-state index is 0.0359. The summed E-state index contributed by atoms with van der Waals surface area (Å²) >= 11 is 0. The minimum atomic E-state index is -0.915. The molecular formula is C44H88O18. The molecule has 0 unspecified atom stereocenters. The molecule has 0 aliphatic heterocycles. The second kappa shape index (κ2) is 46.2. The van der Waals surface area contributed by atoms with Gasteiger partial charge in [0.1, 0.15) is 13.2 Å². The van der Waals surface area contributed by atoms with Crippen LogP contribution in [0.1, 0.15) is 188 Å². The molecule has 0 heterocycles. The number of hydrogen-bond acceptors (Lipinski definition) is 10. The zero-order chi connectivity index (χ0) is 51.3. The Labute approximate surface area is 371 Å². The first-order chi connectivity index (χ1) is 28.0. The molecule has 0 saturated carbocycles. The third-order valence-corrected chi connectivity index (χ3v) is 8.45. The van der Waals surface area contributed by atoms with Crippen molar-refractivity contribution in [1.82, 2.24) is 0 Å². The summed E-state index contributed by atoms with van der Waals surface area (Å²) in [5.74, 6) is -6.07. The molecule has 0 amide bonds. The van der Waals surface area contributed by atoms with Crippen molar-refractivity contribution < 1.29 is 88.7 Å². The van der Waals surface area contributed by atoms with Crippen molar-refractivity contribution in [2.75, 3.05) is 26.4 Å². The van der Waals surface area contributed by atoms with E-state index in [0.717, 1.165) is 38.5 Å². The molecule has 0 spiro atoms. The molecule has 0 aromatic rings. The molecule has 62 heavy (non-hydrogen) atoms. The maximum Gasteiger partial charge on any atom is 0.329 e. The summed E-state index contributed by atoms with van der Waals surface area (Å²) in [6, 6.07) is 0. The number of ether oxygens (including phenoxy) is 2. The number of hydrogen-bond donors (Lipinski definition) is 8. The Hall–Kier alpha value is -4.32. The van der Waals surface area contributed by atoms with Gasteiger partial charge in [0.15, 0.2) is 0 Å². The van der Waals surface area contributed by atoms with Crippen LogP contribution in [-0.4, -0.2) is 115 Å². The van der Waals surface area contributed by atoms with Crippen LogP contribution >= 0.6 is 0 Å². The van der Waals surface area contributed by atoms with E-state index in [9.17, 15) is 38.4 Å². The maximum atomic E-state index is 10.3. The molecule has 0 rings (SSSR count). The third kappa shape index (κ3) is 79.8. The summed E-state index contributed by atoms with van der Waals surface area (Å²) in [5.41, 5.74) is -1.16. The molecule has 0 aromatic carbocycles. The van der Waals surface area contributed by atoms with Gasteiger partial charge < -0.3 is 50.3 Å². The van der Waals surface area contributed by atoms with Crippen LogP contribution in [0.2, 0.25) is 0 Å². The lowest BCUT2D eigenvalue weighted by Crippen LogP contribution is -2.21. The number of carboxylic acid groups (broad SMARTS) is 8. The van der Waals surface area contributed by atoms with Crippen LogP contribution in [-0.2, 0) is 47.8 Å². The maximum absolute atomic E-state index is 10.3. The topological polar surface area (TPSA) is 317 Å². The highest BCUT2D eigenvalue weighted by atomic mass is 16.5.